The molecule has 1 aromatic heterocycles. The molecule has 0 aliphatic heterocycles. The predicted molar refractivity (Wildman–Crippen MR) is 102 cm³/mol. The average Bonchev–Trinajstić information content (AvgIpc) is 3.02. The Morgan fingerprint density at radius 2 is 1.88 bits per heavy atom. The largest absolute Gasteiger partial charge is 0.280 e. The smallest absolute Gasteiger partial charge is 0.203 e. The van der Waals surface area contributed by atoms with Gasteiger partial charge in [0.25, 0.3) is 0 Å². The van der Waals surface area contributed by atoms with E-state index in [4.69, 9.17) is 12.2 Å². The number of hydrogen-bond donors (Lipinski definition) is 0. The Labute approximate surface area is 153 Å². The van der Waals surface area contributed by atoms with E-state index >= 15 is 0 Å². The van der Waals surface area contributed by atoms with Gasteiger partial charge in [0.15, 0.2) is 0 Å². The molecular weight excluding hydrogens is 328 g/mol. The highest BCUT2D eigenvalue weighted by Crippen LogP contribution is 2.33. The van der Waals surface area contributed by atoms with Gasteiger partial charge in [0.05, 0.1) is 6.67 Å². The Morgan fingerprint density at radius 1 is 1.12 bits per heavy atom. The number of aromatic nitrogens is 3. The lowest BCUT2D eigenvalue weighted by Gasteiger charge is -2.33. The number of nitrogens with zero attached hydrogens (tertiary/aromatic N) is 4. The summed E-state index contributed by atoms with van der Waals surface area (Å²) in [5.41, 5.74) is 3.97. The Morgan fingerprint density at radius 3 is 2.72 bits per heavy atom. The minimum atomic E-state index is 0.425. The standard InChI is InChI=1S/C20H22N4S/c1-22(19-13-7-9-16-8-5-6-12-18(16)19)15-24-20(25)23(14-21-24)17-10-3-2-4-11-17/h2-6,8,10-12,14,19H,7,9,13,15H2,1H3. The fourth-order valence-corrected chi connectivity index (χ4v) is 3.95. The van der Waals surface area contributed by atoms with Crippen molar-refractivity contribution in [2.24, 2.45) is 0 Å². The maximum Gasteiger partial charge on any atom is 0.203 e. The number of para-hydroxylation sites is 1. The molecule has 4 nitrogen and oxygen atoms in total. The Hall–Kier alpha value is -2.24. The molecule has 0 bridgehead atoms. The van der Waals surface area contributed by atoms with E-state index < -0.39 is 0 Å². The van der Waals surface area contributed by atoms with Gasteiger partial charge in [-0.25, -0.2) is 4.68 Å². The highest BCUT2D eigenvalue weighted by Gasteiger charge is 2.23. The third kappa shape index (κ3) is 3.17. The molecule has 2 aromatic carbocycles. The molecule has 0 saturated heterocycles. The van der Waals surface area contributed by atoms with Gasteiger partial charge in [0.2, 0.25) is 4.77 Å². The fraction of sp³-hybridized carbons (Fsp3) is 0.300. The molecule has 5 heteroatoms. The summed E-state index contributed by atoms with van der Waals surface area (Å²) in [5, 5.41) is 4.52. The molecular formula is C20H22N4S. The average molecular weight is 350 g/mol. The number of hydrogen-bond acceptors (Lipinski definition) is 3. The van der Waals surface area contributed by atoms with Gasteiger partial charge in [-0.2, -0.15) is 5.10 Å². The van der Waals surface area contributed by atoms with Crippen LogP contribution in [0.2, 0.25) is 0 Å². The van der Waals surface area contributed by atoms with Crippen LogP contribution in [0.15, 0.2) is 60.9 Å². The molecule has 1 atom stereocenters. The van der Waals surface area contributed by atoms with Gasteiger partial charge >= 0.3 is 0 Å². The second-order valence-corrected chi connectivity index (χ2v) is 6.99. The molecule has 0 N–H and O–H groups in total. The van der Waals surface area contributed by atoms with Crippen LogP contribution in [0.5, 0.6) is 0 Å². The van der Waals surface area contributed by atoms with E-state index in [9.17, 15) is 0 Å². The summed E-state index contributed by atoms with van der Waals surface area (Å²) in [7, 11) is 2.16. The lowest BCUT2D eigenvalue weighted by molar-refractivity contribution is 0.165. The molecule has 3 aromatic rings. The summed E-state index contributed by atoms with van der Waals surface area (Å²) in [5.74, 6) is 0. The SMILES string of the molecule is CN(Cn1ncn(-c2ccccc2)c1=S)C1CCCc2ccccc21. The number of benzene rings is 2. The van der Waals surface area contributed by atoms with Crippen molar-refractivity contribution in [1.82, 2.24) is 19.2 Å². The first kappa shape index (κ1) is 16.2. The first-order valence-electron chi connectivity index (χ1n) is 8.72. The zero-order valence-corrected chi connectivity index (χ0v) is 15.2. The molecule has 0 saturated carbocycles. The van der Waals surface area contributed by atoms with Gasteiger partial charge < -0.3 is 0 Å². The van der Waals surface area contributed by atoms with E-state index in [1.165, 1.54) is 30.4 Å². The third-order valence-corrected chi connectivity index (χ3v) is 5.40. The van der Waals surface area contributed by atoms with E-state index in [0.717, 1.165) is 10.5 Å². The zero-order valence-electron chi connectivity index (χ0n) is 14.4. The van der Waals surface area contributed by atoms with Crippen molar-refractivity contribution in [3.63, 3.8) is 0 Å². The van der Waals surface area contributed by atoms with Crippen LogP contribution in [0.3, 0.4) is 0 Å². The van der Waals surface area contributed by atoms with Crippen molar-refractivity contribution in [3.05, 3.63) is 76.8 Å². The minimum Gasteiger partial charge on any atom is -0.280 e. The van der Waals surface area contributed by atoms with Gasteiger partial charge in [0, 0.05) is 11.7 Å². The minimum absolute atomic E-state index is 0.425. The number of aryl methyl sites for hydroxylation is 1. The van der Waals surface area contributed by atoms with Crippen LogP contribution < -0.4 is 0 Å². The Kier molecular flexibility index (Phi) is 4.51. The van der Waals surface area contributed by atoms with Crippen LogP contribution in [0.25, 0.3) is 5.69 Å². The maximum atomic E-state index is 5.64. The van der Waals surface area contributed by atoms with Crippen LogP contribution in [0, 0.1) is 4.77 Å². The van der Waals surface area contributed by atoms with E-state index in [0.29, 0.717) is 12.7 Å². The molecule has 25 heavy (non-hydrogen) atoms. The van der Waals surface area contributed by atoms with E-state index in [1.807, 2.05) is 39.6 Å². The van der Waals surface area contributed by atoms with Crippen molar-refractivity contribution in [2.45, 2.75) is 32.0 Å². The second-order valence-electron chi connectivity index (χ2n) is 6.62. The van der Waals surface area contributed by atoms with Crippen LogP contribution in [0.1, 0.15) is 30.0 Å². The summed E-state index contributed by atoms with van der Waals surface area (Å²) >= 11 is 5.64. The molecule has 1 aliphatic carbocycles. The van der Waals surface area contributed by atoms with Crippen LogP contribution in [-0.4, -0.2) is 26.3 Å². The number of rotatable bonds is 4. The summed E-state index contributed by atoms with van der Waals surface area (Å²) in [6.07, 6.45) is 5.40. The molecule has 1 heterocycles. The van der Waals surface area contributed by atoms with Gasteiger partial charge in [0.1, 0.15) is 6.33 Å². The van der Waals surface area contributed by atoms with Crippen LogP contribution in [-0.2, 0) is 13.1 Å². The first-order chi connectivity index (χ1) is 12.2. The predicted octanol–water partition coefficient (Wildman–Crippen LogP) is 4.37. The monoisotopic (exact) mass is 350 g/mol. The highest BCUT2D eigenvalue weighted by atomic mass is 32.1. The van der Waals surface area contributed by atoms with Crippen molar-refractivity contribution in [3.8, 4) is 5.69 Å². The molecule has 0 spiro atoms. The summed E-state index contributed by atoms with van der Waals surface area (Å²) in [6.45, 7) is 0.692. The molecule has 1 aliphatic rings. The van der Waals surface area contributed by atoms with Gasteiger partial charge in [-0.3, -0.25) is 9.47 Å². The topological polar surface area (TPSA) is 26.0 Å². The molecule has 0 radical (unpaired) electrons. The van der Waals surface area contributed by atoms with Gasteiger partial charge in [-0.15, -0.1) is 0 Å². The zero-order chi connectivity index (χ0) is 17.2. The normalized spacial score (nSPS) is 16.8. The lowest BCUT2D eigenvalue weighted by Crippen LogP contribution is -2.30. The van der Waals surface area contributed by atoms with Gasteiger partial charge in [-0.1, -0.05) is 42.5 Å². The molecule has 0 fully saturated rings. The van der Waals surface area contributed by atoms with E-state index in [2.05, 4.69) is 41.3 Å². The molecule has 4 rings (SSSR count). The lowest BCUT2D eigenvalue weighted by atomic mass is 9.87. The summed E-state index contributed by atoms with van der Waals surface area (Å²) in [6, 6.07) is 19.3. The fourth-order valence-electron chi connectivity index (χ4n) is 3.70. The molecule has 1 unspecified atom stereocenters. The summed E-state index contributed by atoms with van der Waals surface area (Å²) < 4.78 is 4.58. The van der Waals surface area contributed by atoms with Crippen molar-refractivity contribution < 1.29 is 0 Å². The van der Waals surface area contributed by atoms with Gasteiger partial charge in [-0.05, 0) is 61.8 Å². The van der Waals surface area contributed by atoms with E-state index in [-0.39, 0.29) is 0 Å². The van der Waals surface area contributed by atoms with Crippen LogP contribution >= 0.6 is 12.2 Å². The molecule has 128 valence electrons. The van der Waals surface area contributed by atoms with Crippen molar-refractivity contribution in [2.75, 3.05) is 7.05 Å². The Bertz CT molecular complexity index is 913. The maximum absolute atomic E-state index is 5.64. The molecule has 0 amide bonds. The Balaban J connectivity index is 1.58. The van der Waals surface area contributed by atoms with Crippen molar-refractivity contribution >= 4 is 12.2 Å². The van der Waals surface area contributed by atoms with E-state index in [1.54, 1.807) is 6.33 Å². The first-order valence-corrected chi connectivity index (χ1v) is 9.13. The number of fused-ring (bicyclic) bond motifs is 1. The second kappa shape index (κ2) is 6.94. The summed E-state index contributed by atoms with van der Waals surface area (Å²) in [4.78, 5) is 2.36. The quantitative estimate of drug-likeness (QED) is 0.654. The van der Waals surface area contributed by atoms with Crippen LogP contribution in [0.4, 0.5) is 0 Å². The highest BCUT2D eigenvalue weighted by molar-refractivity contribution is 7.71. The van der Waals surface area contributed by atoms with Crippen molar-refractivity contribution in [1.29, 1.82) is 0 Å². The third-order valence-electron chi connectivity index (χ3n) is 4.99.